The maximum absolute atomic E-state index is 14.8. The first-order chi connectivity index (χ1) is 38.7. The molecule has 14 nitrogen and oxygen atoms in total. The molecule has 432 valence electrons. The molecule has 80 heavy (non-hydrogen) atoms. The Morgan fingerprint density at radius 1 is 0.562 bits per heavy atom. The average Bonchev–Trinajstić information content (AvgIpc) is 4.07. The first kappa shape index (κ1) is 60.0. The number of amides is 6. The number of likely N-dealkylation sites (N-methyl/N-ethyl adjacent to an activating group) is 2. The third kappa shape index (κ3) is 15.3. The zero-order valence-corrected chi connectivity index (χ0v) is 48.8. The first-order valence-corrected chi connectivity index (χ1v) is 30.5. The standard InChI is InChI=1S/C66H92N8O6/c1-45-35-41-73(65(79)59(53-23-15-9-16-24-53)69-61(75)47(3)67-5)57(45)43-71(39-37-49-19-11-7-12-20-49)63(77)55-31-27-51(28-32-55)52-29-33-56(34-30-52)64(78)72(40-38-50-21-13-8-14-22-50)44-58-46(2)36-42-74(58)66(80)60(54-25-17-10-18-26-54)70-62(76)48(4)68-6/h7-8,11-14,19-22,27-29,31-34,45-48,52-54,57-60,67-68H,9-10,15-18,23-26,30,35-44H2,1-6H3,(H,69,75)(H,70,76)/t45-,46-,47-,48-,52?,57+,58+,59-,60-/m0/s1. The van der Waals surface area contributed by atoms with Crippen LogP contribution in [0.4, 0.5) is 0 Å². The summed E-state index contributed by atoms with van der Waals surface area (Å²) in [5.74, 6) is -0.0905. The normalized spacial score (nSPS) is 23.1. The summed E-state index contributed by atoms with van der Waals surface area (Å²) in [6.07, 6.45) is 19.8. The van der Waals surface area contributed by atoms with Gasteiger partial charge in [0, 0.05) is 56.3 Å². The number of allylic oxidation sites excluding steroid dienone is 2. The van der Waals surface area contributed by atoms with Gasteiger partial charge in [-0.05, 0) is 138 Å². The molecule has 2 heterocycles. The van der Waals surface area contributed by atoms with Crippen molar-refractivity contribution in [1.29, 1.82) is 0 Å². The number of rotatable bonds is 23. The summed E-state index contributed by atoms with van der Waals surface area (Å²) >= 11 is 0. The molecule has 1 unspecified atom stereocenters. The molecule has 3 aromatic rings. The third-order valence-electron chi connectivity index (χ3n) is 18.7. The van der Waals surface area contributed by atoms with Crippen LogP contribution in [0, 0.1) is 23.7 Å². The van der Waals surface area contributed by atoms with E-state index in [4.69, 9.17) is 0 Å². The minimum atomic E-state index is -0.605. The van der Waals surface area contributed by atoms with Gasteiger partial charge in [0.25, 0.3) is 11.8 Å². The highest BCUT2D eigenvalue weighted by Gasteiger charge is 2.44. The molecule has 0 aromatic heterocycles. The Bertz CT molecular complexity index is 2600. The Hall–Kier alpha value is -6.12. The lowest BCUT2D eigenvalue weighted by Gasteiger charge is -2.38. The second kappa shape index (κ2) is 29.0. The van der Waals surface area contributed by atoms with Crippen molar-refractivity contribution in [2.75, 3.05) is 53.4 Å². The van der Waals surface area contributed by atoms with Crippen molar-refractivity contribution in [1.82, 2.24) is 40.9 Å². The van der Waals surface area contributed by atoms with Crippen LogP contribution in [0.1, 0.15) is 144 Å². The summed E-state index contributed by atoms with van der Waals surface area (Å²) < 4.78 is 0. The van der Waals surface area contributed by atoms with E-state index in [-0.39, 0.29) is 77.1 Å². The van der Waals surface area contributed by atoms with Gasteiger partial charge >= 0.3 is 0 Å². The van der Waals surface area contributed by atoms with Crippen LogP contribution >= 0.6 is 0 Å². The van der Waals surface area contributed by atoms with Crippen LogP contribution in [0.25, 0.3) is 0 Å². The first-order valence-electron chi connectivity index (χ1n) is 30.5. The molecule has 5 aliphatic rings. The maximum Gasteiger partial charge on any atom is 0.253 e. The van der Waals surface area contributed by atoms with Gasteiger partial charge in [0.1, 0.15) is 12.1 Å². The molecule has 4 fully saturated rings. The van der Waals surface area contributed by atoms with Gasteiger partial charge in [0.05, 0.1) is 24.2 Å². The Labute approximate surface area is 477 Å². The highest BCUT2D eigenvalue weighted by molar-refractivity contribution is 5.97. The fourth-order valence-corrected chi connectivity index (χ4v) is 13.1. The van der Waals surface area contributed by atoms with Crippen molar-refractivity contribution < 1.29 is 28.8 Å². The lowest BCUT2D eigenvalue weighted by atomic mass is 9.83. The summed E-state index contributed by atoms with van der Waals surface area (Å²) in [6, 6.07) is 25.8. The van der Waals surface area contributed by atoms with Crippen molar-refractivity contribution in [2.24, 2.45) is 23.7 Å². The zero-order valence-electron chi connectivity index (χ0n) is 48.8. The number of hydrogen-bond acceptors (Lipinski definition) is 8. The highest BCUT2D eigenvalue weighted by atomic mass is 16.2. The van der Waals surface area contributed by atoms with Gasteiger partial charge < -0.3 is 40.9 Å². The van der Waals surface area contributed by atoms with Crippen LogP contribution in [0.5, 0.6) is 0 Å². The zero-order chi connectivity index (χ0) is 56.7. The summed E-state index contributed by atoms with van der Waals surface area (Å²) in [7, 11) is 3.51. The van der Waals surface area contributed by atoms with Gasteiger partial charge in [-0.1, -0.05) is 143 Å². The lowest BCUT2D eigenvalue weighted by molar-refractivity contribution is -0.141. The fourth-order valence-electron chi connectivity index (χ4n) is 13.1. The number of nitrogens with zero attached hydrogens (tertiary/aromatic N) is 4. The SMILES string of the molecule is CN[C@@H](C)C(=O)N[C@H](C(=O)N1CC[C@H](C)[C@H]1CN(CCc1ccccc1)C(=O)C1=CCC(c2ccc(C(=O)N(CCc3ccccc3)C[C@@H]3[C@@H](C)CCN3C(=O)[C@@H](NC(=O)[C@H](C)NC)C3CCCCC3)cc2)C=C1)C1CCCCC1. The molecule has 2 aliphatic heterocycles. The van der Waals surface area contributed by atoms with Gasteiger partial charge in [-0.2, -0.15) is 0 Å². The van der Waals surface area contributed by atoms with E-state index >= 15 is 0 Å². The molecule has 6 amide bonds. The van der Waals surface area contributed by atoms with E-state index in [9.17, 15) is 28.8 Å². The molecule has 0 bridgehead atoms. The monoisotopic (exact) mass is 1090 g/mol. The Morgan fingerprint density at radius 2 is 1.00 bits per heavy atom. The molecule has 3 aliphatic carbocycles. The van der Waals surface area contributed by atoms with Crippen molar-refractivity contribution >= 4 is 35.4 Å². The second-order valence-electron chi connectivity index (χ2n) is 24.0. The van der Waals surface area contributed by atoms with E-state index in [2.05, 4.69) is 65.5 Å². The number of hydrogen-bond donors (Lipinski definition) is 4. The topological polar surface area (TPSA) is 163 Å². The lowest BCUT2D eigenvalue weighted by Crippen LogP contribution is -2.58. The number of benzene rings is 3. The van der Waals surface area contributed by atoms with E-state index in [0.717, 1.165) is 93.7 Å². The summed E-state index contributed by atoms with van der Waals surface area (Å²) in [4.78, 5) is 93.7. The Balaban J connectivity index is 0.966. The van der Waals surface area contributed by atoms with Gasteiger partial charge in [-0.15, -0.1) is 0 Å². The average molecular weight is 1090 g/mol. The molecule has 4 N–H and O–H groups in total. The molecule has 2 saturated carbocycles. The molecule has 2 saturated heterocycles. The van der Waals surface area contributed by atoms with Crippen molar-refractivity contribution in [3.05, 3.63) is 131 Å². The number of nitrogens with one attached hydrogen (secondary N) is 4. The predicted molar refractivity (Wildman–Crippen MR) is 316 cm³/mol. The Morgan fingerprint density at radius 3 is 1.41 bits per heavy atom. The van der Waals surface area contributed by atoms with Crippen LogP contribution in [0.3, 0.4) is 0 Å². The predicted octanol–water partition coefficient (Wildman–Crippen LogP) is 8.23. The molecule has 8 rings (SSSR count). The van der Waals surface area contributed by atoms with Gasteiger partial charge in [0.2, 0.25) is 23.6 Å². The third-order valence-corrected chi connectivity index (χ3v) is 18.7. The van der Waals surface area contributed by atoms with Crippen molar-refractivity contribution in [3.8, 4) is 0 Å². The molecule has 0 radical (unpaired) electrons. The largest absolute Gasteiger partial charge is 0.343 e. The number of carbonyl (C=O) groups excluding carboxylic acids is 6. The highest BCUT2D eigenvalue weighted by Crippen LogP contribution is 2.35. The van der Waals surface area contributed by atoms with Crippen LogP contribution in [0.15, 0.2) is 109 Å². The van der Waals surface area contributed by atoms with Crippen molar-refractivity contribution in [3.63, 3.8) is 0 Å². The van der Waals surface area contributed by atoms with Crippen LogP contribution < -0.4 is 21.3 Å². The van der Waals surface area contributed by atoms with E-state index < -0.39 is 24.2 Å². The minimum Gasteiger partial charge on any atom is -0.343 e. The molecule has 3 aromatic carbocycles. The van der Waals surface area contributed by atoms with E-state index in [0.29, 0.717) is 69.7 Å². The maximum atomic E-state index is 14.8. The molecule has 9 atom stereocenters. The second-order valence-corrected chi connectivity index (χ2v) is 24.0. The van der Waals surface area contributed by atoms with Crippen molar-refractivity contribution in [2.45, 2.75) is 166 Å². The summed E-state index contributed by atoms with van der Waals surface area (Å²) in [5.41, 5.74) is 4.51. The molecule has 0 spiro atoms. The van der Waals surface area contributed by atoms with Crippen LogP contribution in [-0.4, -0.2) is 145 Å². The molecular weight excluding hydrogens is 1000 g/mol. The van der Waals surface area contributed by atoms with E-state index in [1.165, 1.54) is 0 Å². The van der Waals surface area contributed by atoms with Crippen LogP contribution in [-0.2, 0) is 36.8 Å². The van der Waals surface area contributed by atoms with Gasteiger partial charge in [-0.3, -0.25) is 28.8 Å². The van der Waals surface area contributed by atoms with E-state index in [1.807, 2.05) is 106 Å². The fraction of sp³-hybridized carbons (Fsp3) is 0.576. The molecular formula is C66H92N8O6. The number of likely N-dealkylation sites (tertiary alicyclic amines) is 2. The van der Waals surface area contributed by atoms with E-state index in [1.54, 1.807) is 14.1 Å². The van der Waals surface area contributed by atoms with Gasteiger partial charge in [0.15, 0.2) is 0 Å². The quantitative estimate of drug-likeness (QED) is 0.0739. The summed E-state index contributed by atoms with van der Waals surface area (Å²) in [5, 5.41) is 12.4. The number of carbonyl (C=O) groups is 6. The van der Waals surface area contributed by atoms with Gasteiger partial charge in [-0.25, -0.2) is 0 Å². The smallest absolute Gasteiger partial charge is 0.253 e. The minimum absolute atomic E-state index is 0.00390. The Kier molecular flexibility index (Phi) is 21.8. The van der Waals surface area contributed by atoms with Crippen LogP contribution in [0.2, 0.25) is 0 Å². The summed E-state index contributed by atoms with van der Waals surface area (Å²) in [6.45, 7) is 10.9. The molecule has 14 heteroatoms.